The van der Waals surface area contributed by atoms with Gasteiger partial charge in [-0.2, -0.15) is 0 Å². The Balaban J connectivity index is 1.82. The Bertz CT molecular complexity index is 877. The van der Waals surface area contributed by atoms with Crippen molar-refractivity contribution in [3.8, 4) is 0 Å². The summed E-state index contributed by atoms with van der Waals surface area (Å²) in [6, 6.07) is 14.6. The average Bonchev–Trinajstić information content (AvgIpc) is 2.83. The summed E-state index contributed by atoms with van der Waals surface area (Å²) in [6.45, 7) is 0. The van der Waals surface area contributed by atoms with E-state index in [0.29, 0.717) is 25.0 Å². The molecule has 1 aliphatic rings. The van der Waals surface area contributed by atoms with Gasteiger partial charge in [0.2, 0.25) is 0 Å². The predicted octanol–water partition coefficient (Wildman–Crippen LogP) is 5.96. The molecule has 1 fully saturated rings. The highest BCUT2D eigenvalue weighted by Crippen LogP contribution is 2.35. The van der Waals surface area contributed by atoms with E-state index in [9.17, 15) is 4.79 Å². The van der Waals surface area contributed by atoms with Crippen molar-refractivity contribution in [2.45, 2.75) is 0 Å². The Morgan fingerprint density at radius 1 is 1.08 bits per heavy atom. The molecule has 120 valence electrons. The van der Waals surface area contributed by atoms with Gasteiger partial charge >= 0.3 is 0 Å². The number of halogens is 2. The first-order valence-corrected chi connectivity index (χ1v) is 8.99. The molecule has 1 saturated heterocycles. The van der Waals surface area contributed by atoms with Gasteiger partial charge in [0.15, 0.2) is 4.32 Å². The maximum atomic E-state index is 12.6. The molecule has 0 spiro atoms. The molecule has 0 bridgehead atoms. The monoisotopic (exact) mass is 391 g/mol. The summed E-state index contributed by atoms with van der Waals surface area (Å²) in [5, 5.41) is 1.22. The van der Waals surface area contributed by atoms with Gasteiger partial charge in [-0.05, 0) is 35.9 Å². The standard InChI is InChI=1S/C18H11Cl2NOS2/c19-13-7-4-8-14(11-13)21-17(22)16(24-18(21)23)10-3-6-12-5-1-2-9-15(12)20/h1-11H/b6-3+,16-10+. The van der Waals surface area contributed by atoms with Crippen LogP contribution in [0, 0.1) is 0 Å². The van der Waals surface area contributed by atoms with Crippen LogP contribution in [0.2, 0.25) is 10.0 Å². The number of thiocarbonyl (C=S) groups is 1. The Morgan fingerprint density at radius 2 is 1.88 bits per heavy atom. The van der Waals surface area contributed by atoms with E-state index in [0.717, 1.165) is 5.56 Å². The molecule has 0 atom stereocenters. The number of carbonyl (C=O) groups excluding carboxylic acids is 1. The van der Waals surface area contributed by atoms with Crippen LogP contribution in [0.25, 0.3) is 6.08 Å². The number of rotatable bonds is 3. The van der Waals surface area contributed by atoms with Crippen LogP contribution in [0.15, 0.2) is 65.6 Å². The number of carbonyl (C=O) groups is 1. The lowest BCUT2D eigenvalue weighted by Gasteiger charge is -2.14. The van der Waals surface area contributed by atoms with E-state index in [1.807, 2.05) is 30.3 Å². The van der Waals surface area contributed by atoms with Gasteiger partial charge in [-0.25, -0.2) is 0 Å². The molecule has 0 aliphatic carbocycles. The highest BCUT2D eigenvalue weighted by Gasteiger charge is 2.32. The molecule has 1 aliphatic heterocycles. The summed E-state index contributed by atoms with van der Waals surface area (Å²) in [5.41, 5.74) is 1.56. The fraction of sp³-hybridized carbons (Fsp3) is 0. The lowest BCUT2D eigenvalue weighted by molar-refractivity contribution is -0.113. The molecular weight excluding hydrogens is 381 g/mol. The molecule has 2 nitrogen and oxygen atoms in total. The van der Waals surface area contributed by atoms with E-state index >= 15 is 0 Å². The Labute approximate surface area is 159 Å². The molecular formula is C18H11Cl2NOS2. The lowest BCUT2D eigenvalue weighted by Crippen LogP contribution is -2.27. The molecule has 2 aromatic rings. The van der Waals surface area contributed by atoms with E-state index in [2.05, 4.69) is 0 Å². The number of amides is 1. The SMILES string of the molecule is O=C1/C(=C\C=C\c2ccccc2Cl)SC(=S)N1c1cccc(Cl)c1. The Hall–Kier alpha value is -1.59. The number of nitrogens with zero attached hydrogens (tertiary/aromatic N) is 1. The third-order valence-corrected chi connectivity index (χ3v) is 5.19. The smallest absolute Gasteiger partial charge is 0.268 e. The fourth-order valence-corrected chi connectivity index (χ4v) is 3.80. The minimum atomic E-state index is -0.156. The fourth-order valence-electron chi connectivity index (χ4n) is 2.17. The largest absolute Gasteiger partial charge is 0.270 e. The summed E-state index contributed by atoms with van der Waals surface area (Å²) in [7, 11) is 0. The van der Waals surface area contributed by atoms with Crippen LogP contribution in [-0.2, 0) is 4.79 Å². The summed E-state index contributed by atoms with van der Waals surface area (Å²) >= 11 is 18.7. The first-order valence-electron chi connectivity index (χ1n) is 7.01. The zero-order valence-corrected chi connectivity index (χ0v) is 15.4. The van der Waals surface area contributed by atoms with Crippen LogP contribution < -0.4 is 4.90 Å². The van der Waals surface area contributed by atoms with E-state index in [-0.39, 0.29) is 5.91 Å². The summed E-state index contributed by atoms with van der Waals surface area (Å²) in [4.78, 5) is 14.6. The van der Waals surface area contributed by atoms with Crippen LogP contribution >= 0.6 is 47.2 Å². The molecule has 0 saturated carbocycles. The Kier molecular flexibility index (Phi) is 5.41. The highest BCUT2D eigenvalue weighted by atomic mass is 35.5. The van der Waals surface area contributed by atoms with Crippen molar-refractivity contribution in [1.29, 1.82) is 0 Å². The van der Waals surface area contributed by atoms with Gasteiger partial charge in [-0.1, -0.05) is 83.6 Å². The normalized spacial score (nSPS) is 16.6. The minimum absolute atomic E-state index is 0.156. The number of thioether (sulfide) groups is 1. The maximum absolute atomic E-state index is 12.6. The van der Waals surface area contributed by atoms with Gasteiger partial charge in [0, 0.05) is 10.0 Å². The topological polar surface area (TPSA) is 20.3 Å². The van der Waals surface area contributed by atoms with Gasteiger partial charge < -0.3 is 0 Å². The molecule has 0 aromatic heterocycles. The molecule has 24 heavy (non-hydrogen) atoms. The number of hydrogen-bond donors (Lipinski definition) is 0. The van der Waals surface area contributed by atoms with Crippen molar-refractivity contribution in [2.75, 3.05) is 4.90 Å². The lowest BCUT2D eigenvalue weighted by atomic mass is 10.2. The van der Waals surface area contributed by atoms with E-state index in [1.54, 1.807) is 36.4 Å². The zero-order chi connectivity index (χ0) is 17.1. The van der Waals surface area contributed by atoms with Crippen LogP contribution in [0.3, 0.4) is 0 Å². The van der Waals surface area contributed by atoms with Gasteiger partial charge in [0.05, 0.1) is 10.6 Å². The van der Waals surface area contributed by atoms with Gasteiger partial charge in [-0.3, -0.25) is 9.69 Å². The van der Waals surface area contributed by atoms with Crippen LogP contribution in [0.4, 0.5) is 5.69 Å². The van der Waals surface area contributed by atoms with Crippen molar-refractivity contribution in [1.82, 2.24) is 0 Å². The van der Waals surface area contributed by atoms with E-state index in [1.165, 1.54) is 16.7 Å². The number of anilines is 1. The van der Waals surface area contributed by atoms with E-state index < -0.39 is 0 Å². The predicted molar refractivity (Wildman–Crippen MR) is 108 cm³/mol. The number of hydrogen-bond acceptors (Lipinski definition) is 3. The molecule has 1 heterocycles. The van der Waals surface area contributed by atoms with Gasteiger partial charge in [-0.15, -0.1) is 0 Å². The highest BCUT2D eigenvalue weighted by molar-refractivity contribution is 8.27. The third-order valence-electron chi connectivity index (χ3n) is 3.29. The zero-order valence-electron chi connectivity index (χ0n) is 12.3. The summed E-state index contributed by atoms with van der Waals surface area (Å²) < 4.78 is 0.486. The minimum Gasteiger partial charge on any atom is -0.268 e. The summed E-state index contributed by atoms with van der Waals surface area (Å²) in [6.07, 6.45) is 5.40. The molecule has 0 radical (unpaired) electrons. The van der Waals surface area contributed by atoms with Crippen molar-refractivity contribution < 1.29 is 4.79 Å². The first-order chi connectivity index (χ1) is 11.6. The molecule has 0 N–H and O–H groups in total. The van der Waals surface area contributed by atoms with E-state index in [4.69, 9.17) is 35.4 Å². The van der Waals surface area contributed by atoms with Gasteiger partial charge in [0.25, 0.3) is 5.91 Å². The van der Waals surface area contributed by atoms with Crippen LogP contribution in [-0.4, -0.2) is 10.2 Å². The van der Waals surface area contributed by atoms with Crippen molar-refractivity contribution in [3.63, 3.8) is 0 Å². The molecule has 3 rings (SSSR count). The van der Waals surface area contributed by atoms with Crippen molar-refractivity contribution in [2.24, 2.45) is 0 Å². The second-order valence-electron chi connectivity index (χ2n) is 4.90. The Morgan fingerprint density at radius 3 is 2.62 bits per heavy atom. The molecule has 2 aromatic carbocycles. The quantitative estimate of drug-likeness (QED) is 0.475. The number of benzene rings is 2. The summed E-state index contributed by atoms with van der Waals surface area (Å²) in [5.74, 6) is -0.156. The molecule has 0 unspecified atom stereocenters. The second kappa shape index (κ2) is 7.53. The molecule has 1 amide bonds. The van der Waals surface area contributed by atoms with Crippen LogP contribution in [0.5, 0.6) is 0 Å². The van der Waals surface area contributed by atoms with Gasteiger partial charge in [0.1, 0.15) is 0 Å². The second-order valence-corrected chi connectivity index (χ2v) is 7.42. The average molecular weight is 392 g/mol. The number of allylic oxidation sites excluding steroid dienone is 2. The first kappa shape index (κ1) is 17.2. The third kappa shape index (κ3) is 3.73. The van der Waals surface area contributed by atoms with Crippen molar-refractivity contribution >= 4 is 69.2 Å². The maximum Gasteiger partial charge on any atom is 0.270 e. The molecule has 6 heteroatoms. The van der Waals surface area contributed by atoms with Crippen molar-refractivity contribution in [3.05, 3.63) is 81.2 Å². The van der Waals surface area contributed by atoms with Crippen LogP contribution in [0.1, 0.15) is 5.56 Å².